The van der Waals surface area contributed by atoms with Gasteiger partial charge in [0.1, 0.15) is 0 Å². The van der Waals surface area contributed by atoms with Crippen LogP contribution in [0.2, 0.25) is 0 Å². The van der Waals surface area contributed by atoms with Gasteiger partial charge >= 0.3 is 0 Å². The number of ether oxygens (including phenoxy) is 2. The van der Waals surface area contributed by atoms with Crippen LogP contribution in [0.1, 0.15) is 51.3 Å². The van der Waals surface area contributed by atoms with Crippen LogP contribution in [-0.4, -0.2) is 25.0 Å². The maximum atomic E-state index is 5.83. The molecule has 1 aromatic rings. The van der Waals surface area contributed by atoms with Gasteiger partial charge in [0, 0.05) is 12.6 Å². The molecule has 0 bridgehead atoms. The van der Waals surface area contributed by atoms with Gasteiger partial charge in [-0.25, -0.2) is 0 Å². The van der Waals surface area contributed by atoms with Crippen molar-refractivity contribution in [3.8, 4) is 0 Å². The summed E-state index contributed by atoms with van der Waals surface area (Å²) in [5.74, 6) is -0.434. The average molecular weight is 277 g/mol. The Labute approximate surface area is 122 Å². The predicted octanol–water partition coefficient (Wildman–Crippen LogP) is 3.44. The average Bonchev–Trinajstić information content (AvgIpc) is 2.79. The van der Waals surface area contributed by atoms with Gasteiger partial charge in [-0.05, 0) is 37.8 Å². The van der Waals surface area contributed by atoms with Gasteiger partial charge in [-0.3, -0.25) is 0 Å². The fraction of sp³-hybridized carbons (Fsp3) is 0.647. The van der Waals surface area contributed by atoms with Crippen LogP contribution in [0, 0.1) is 0 Å². The summed E-state index contributed by atoms with van der Waals surface area (Å²) in [6, 6.07) is 9.29. The zero-order valence-electron chi connectivity index (χ0n) is 13.1. The number of hydrogen-bond acceptors (Lipinski definition) is 3. The second-order valence-electron chi connectivity index (χ2n) is 5.91. The third-order valence-electron chi connectivity index (χ3n) is 3.86. The van der Waals surface area contributed by atoms with E-state index in [0.29, 0.717) is 12.6 Å². The van der Waals surface area contributed by atoms with E-state index in [-0.39, 0.29) is 6.10 Å². The normalized spacial score (nSPS) is 22.9. The molecule has 1 heterocycles. The molecule has 1 N–H and O–H groups in total. The lowest BCUT2D eigenvalue weighted by atomic mass is 10.0. The Morgan fingerprint density at radius 1 is 1.25 bits per heavy atom. The third kappa shape index (κ3) is 4.05. The summed E-state index contributed by atoms with van der Waals surface area (Å²) in [6.07, 6.45) is 2.31. The van der Waals surface area contributed by atoms with Crippen molar-refractivity contribution in [3.05, 3.63) is 35.4 Å². The molecule has 0 amide bonds. The lowest BCUT2D eigenvalue weighted by Gasteiger charge is -2.21. The van der Waals surface area contributed by atoms with Crippen LogP contribution in [0.4, 0.5) is 0 Å². The minimum Gasteiger partial charge on any atom is -0.348 e. The Kier molecular flexibility index (Phi) is 5.19. The largest absolute Gasteiger partial charge is 0.348 e. The highest BCUT2D eigenvalue weighted by Gasteiger charge is 2.32. The highest BCUT2D eigenvalue weighted by Crippen LogP contribution is 2.23. The number of aryl methyl sites for hydroxylation is 1. The summed E-state index contributed by atoms with van der Waals surface area (Å²) in [7, 11) is 0. The summed E-state index contributed by atoms with van der Waals surface area (Å²) in [5, 5.41) is 3.60. The SMILES string of the molecule is CCc1ccc(C(CC)NCC2COC(C)(C)O2)cc1. The van der Waals surface area contributed by atoms with E-state index >= 15 is 0 Å². The van der Waals surface area contributed by atoms with E-state index in [1.165, 1.54) is 11.1 Å². The highest BCUT2D eigenvalue weighted by molar-refractivity contribution is 5.25. The highest BCUT2D eigenvalue weighted by atomic mass is 16.7. The molecule has 3 nitrogen and oxygen atoms in total. The van der Waals surface area contributed by atoms with E-state index in [9.17, 15) is 0 Å². The number of rotatable bonds is 6. The molecular weight excluding hydrogens is 250 g/mol. The van der Waals surface area contributed by atoms with Crippen LogP contribution < -0.4 is 5.32 Å². The summed E-state index contributed by atoms with van der Waals surface area (Å²) in [5.41, 5.74) is 2.74. The van der Waals surface area contributed by atoms with E-state index < -0.39 is 5.79 Å². The van der Waals surface area contributed by atoms with Gasteiger partial charge in [-0.2, -0.15) is 0 Å². The first-order valence-corrected chi connectivity index (χ1v) is 7.68. The van der Waals surface area contributed by atoms with Gasteiger partial charge in [-0.1, -0.05) is 38.1 Å². The first kappa shape index (κ1) is 15.5. The molecule has 3 heteroatoms. The van der Waals surface area contributed by atoms with E-state index in [4.69, 9.17) is 9.47 Å². The summed E-state index contributed by atoms with van der Waals surface area (Å²) in [6.45, 7) is 9.83. The third-order valence-corrected chi connectivity index (χ3v) is 3.86. The second kappa shape index (κ2) is 6.70. The molecule has 1 fully saturated rings. The van der Waals surface area contributed by atoms with Crippen molar-refractivity contribution in [3.63, 3.8) is 0 Å². The molecule has 20 heavy (non-hydrogen) atoms. The Morgan fingerprint density at radius 2 is 1.95 bits per heavy atom. The molecule has 0 aromatic heterocycles. The van der Waals surface area contributed by atoms with Crippen LogP contribution >= 0.6 is 0 Å². The lowest BCUT2D eigenvalue weighted by molar-refractivity contribution is -0.137. The maximum Gasteiger partial charge on any atom is 0.163 e. The fourth-order valence-electron chi connectivity index (χ4n) is 2.62. The maximum absolute atomic E-state index is 5.83. The van der Waals surface area contributed by atoms with Gasteiger partial charge in [0.2, 0.25) is 0 Å². The lowest BCUT2D eigenvalue weighted by Crippen LogP contribution is -2.32. The molecule has 2 unspecified atom stereocenters. The second-order valence-corrected chi connectivity index (χ2v) is 5.91. The summed E-state index contributed by atoms with van der Waals surface area (Å²) in [4.78, 5) is 0. The Morgan fingerprint density at radius 3 is 2.45 bits per heavy atom. The first-order chi connectivity index (χ1) is 9.54. The van der Waals surface area contributed by atoms with Crippen LogP contribution in [0.25, 0.3) is 0 Å². The number of nitrogens with one attached hydrogen (secondary N) is 1. The summed E-state index contributed by atoms with van der Waals surface area (Å²) >= 11 is 0. The van der Waals surface area contributed by atoms with Crippen LogP contribution in [-0.2, 0) is 15.9 Å². The molecule has 112 valence electrons. The van der Waals surface area contributed by atoms with Crippen molar-refractivity contribution >= 4 is 0 Å². The van der Waals surface area contributed by atoms with Crippen LogP contribution in [0.3, 0.4) is 0 Å². The van der Waals surface area contributed by atoms with E-state index in [1.54, 1.807) is 0 Å². The van der Waals surface area contributed by atoms with E-state index in [0.717, 1.165) is 19.4 Å². The Bertz CT molecular complexity index is 414. The molecule has 0 saturated carbocycles. The molecule has 2 rings (SSSR count). The van der Waals surface area contributed by atoms with Crippen molar-refractivity contribution in [2.75, 3.05) is 13.2 Å². The monoisotopic (exact) mass is 277 g/mol. The summed E-state index contributed by atoms with van der Waals surface area (Å²) < 4.78 is 11.4. The molecule has 0 spiro atoms. The molecule has 1 aromatic carbocycles. The van der Waals surface area contributed by atoms with Gasteiger partial charge in [0.05, 0.1) is 12.7 Å². The zero-order chi connectivity index (χ0) is 14.6. The van der Waals surface area contributed by atoms with Crippen molar-refractivity contribution in [1.82, 2.24) is 5.32 Å². The topological polar surface area (TPSA) is 30.5 Å². The zero-order valence-corrected chi connectivity index (χ0v) is 13.1. The minimum atomic E-state index is -0.434. The number of benzene rings is 1. The molecule has 1 aliphatic rings. The fourth-order valence-corrected chi connectivity index (χ4v) is 2.62. The first-order valence-electron chi connectivity index (χ1n) is 7.68. The van der Waals surface area contributed by atoms with Crippen LogP contribution in [0.15, 0.2) is 24.3 Å². The van der Waals surface area contributed by atoms with Crippen molar-refractivity contribution in [1.29, 1.82) is 0 Å². The minimum absolute atomic E-state index is 0.147. The Hall–Kier alpha value is -0.900. The Balaban J connectivity index is 1.88. The quantitative estimate of drug-likeness (QED) is 0.864. The van der Waals surface area contributed by atoms with Gasteiger partial charge in [0.15, 0.2) is 5.79 Å². The van der Waals surface area contributed by atoms with E-state index in [2.05, 4.69) is 43.4 Å². The molecule has 1 aliphatic heterocycles. The van der Waals surface area contributed by atoms with Crippen LogP contribution in [0.5, 0.6) is 0 Å². The van der Waals surface area contributed by atoms with Crippen molar-refractivity contribution < 1.29 is 9.47 Å². The van der Waals surface area contributed by atoms with Gasteiger partial charge < -0.3 is 14.8 Å². The predicted molar refractivity (Wildman–Crippen MR) is 81.8 cm³/mol. The van der Waals surface area contributed by atoms with Gasteiger partial charge in [0.25, 0.3) is 0 Å². The molecule has 1 saturated heterocycles. The molecule has 2 atom stereocenters. The van der Waals surface area contributed by atoms with Gasteiger partial charge in [-0.15, -0.1) is 0 Å². The number of hydrogen-bond donors (Lipinski definition) is 1. The molecule has 0 aliphatic carbocycles. The van der Waals surface area contributed by atoms with Crippen molar-refractivity contribution in [2.24, 2.45) is 0 Å². The smallest absolute Gasteiger partial charge is 0.163 e. The molecular formula is C17H27NO2. The standard InChI is InChI=1S/C17H27NO2/c1-5-13-7-9-14(10-8-13)16(6-2)18-11-15-12-19-17(3,4)20-15/h7-10,15-16,18H,5-6,11-12H2,1-4H3. The molecule has 0 radical (unpaired) electrons. The van der Waals surface area contributed by atoms with Crippen molar-refractivity contribution in [2.45, 2.75) is 58.5 Å². The van der Waals surface area contributed by atoms with E-state index in [1.807, 2.05) is 13.8 Å².